The van der Waals surface area contributed by atoms with E-state index in [9.17, 15) is 9.59 Å². The molecule has 7 heteroatoms. The summed E-state index contributed by atoms with van der Waals surface area (Å²) in [5.41, 5.74) is 2.15. The van der Waals surface area contributed by atoms with Crippen molar-refractivity contribution < 1.29 is 14.3 Å². The summed E-state index contributed by atoms with van der Waals surface area (Å²) in [6.07, 6.45) is 5.89. The van der Waals surface area contributed by atoms with E-state index >= 15 is 0 Å². The van der Waals surface area contributed by atoms with Crippen molar-refractivity contribution in [2.24, 2.45) is 5.92 Å². The monoisotopic (exact) mass is 385 g/mol. The van der Waals surface area contributed by atoms with Gasteiger partial charge in [-0.3, -0.25) is 14.6 Å². The SMILES string of the molecule is O=C(NCc1cccnc1)[C@@H]1CCc2sc(C(=O)N3CCOCC3)cc2C1. The van der Waals surface area contributed by atoms with Gasteiger partial charge in [0.15, 0.2) is 0 Å². The second-order valence-corrected chi connectivity index (χ2v) is 8.12. The maximum absolute atomic E-state index is 12.7. The number of carbonyl (C=O) groups excluding carboxylic acids is 2. The molecule has 2 amide bonds. The van der Waals surface area contributed by atoms with E-state index in [4.69, 9.17) is 4.74 Å². The molecule has 4 rings (SSSR count). The Bertz CT molecular complexity index is 815. The van der Waals surface area contributed by atoms with Crippen LogP contribution in [0.4, 0.5) is 0 Å². The smallest absolute Gasteiger partial charge is 0.264 e. The number of nitrogens with zero attached hydrogens (tertiary/aromatic N) is 2. The lowest BCUT2D eigenvalue weighted by atomic mass is 9.87. The normalized spacial score (nSPS) is 19.4. The van der Waals surface area contributed by atoms with Gasteiger partial charge >= 0.3 is 0 Å². The van der Waals surface area contributed by atoms with Gasteiger partial charge in [-0.15, -0.1) is 11.3 Å². The van der Waals surface area contributed by atoms with Gasteiger partial charge in [0, 0.05) is 42.8 Å². The number of pyridine rings is 1. The van der Waals surface area contributed by atoms with E-state index in [0.29, 0.717) is 39.3 Å². The number of ether oxygens (including phenoxy) is 1. The van der Waals surface area contributed by atoms with Crippen LogP contribution >= 0.6 is 11.3 Å². The van der Waals surface area contributed by atoms with Gasteiger partial charge in [0.05, 0.1) is 18.1 Å². The van der Waals surface area contributed by atoms with Gasteiger partial charge in [-0.1, -0.05) is 6.07 Å². The first-order valence-corrected chi connectivity index (χ1v) is 10.2. The zero-order valence-electron chi connectivity index (χ0n) is 15.1. The predicted molar refractivity (Wildman–Crippen MR) is 103 cm³/mol. The lowest BCUT2D eigenvalue weighted by Crippen LogP contribution is -2.40. The molecule has 2 aromatic rings. The minimum Gasteiger partial charge on any atom is -0.378 e. The van der Waals surface area contributed by atoms with E-state index in [1.807, 2.05) is 23.1 Å². The predicted octanol–water partition coefficient (Wildman–Crippen LogP) is 2.04. The minimum absolute atomic E-state index is 0.0323. The van der Waals surface area contributed by atoms with Gasteiger partial charge in [0.25, 0.3) is 5.91 Å². The van der Waals surface area contributed by atoms with Crippen molar-refractivity contribution in [1.82, 2.24) is 15.2 Å². The van der Waals surface area contributed by atoms with Crippen LogP contribution in [-0.4, -0.2) is 48.0 Å². The van der Waals surface area contributed by atoms with Crippen LogP contribution < -0.4 is 5.32 Å². The van der Waals surface area contributed by atoms with Gasteiger partial charge in [0.2, 0.25) is 5.91 Å². The minimum atomic E-state index is -0.0323. The average molecular weight is 385 g/mol. The second kappa shape index (κ2) is 8.19. The number of thiophene rings is 1. The molecule has 1 fully saturated rings. The van der Waals surface area contributed by atoms with Crippen molar-refractivity contribution in [1.29, 1.82) is 0 Å². The molecular weight excluding hydrogens is 362 g/mol. The van der Waals surface area contributed by atoms with Crippen LogP contribution in [0.5, 0.6) is 0 Å². The summed E-state index contributed by atoms with van der Waals surface area (Å²) >= 11 is 1.59. The number of nitrogens with one attached hydrogen (secondary N) is 1. The fourth-order valence-electron chi connectivity index (χ4n) is 3.61. The Hall–Kier alpha value is -2.25. The van der Waals surface area contributed by atoms with Gasteiger partial charge < -0.3 is 15.0 Å². The average Bonchev–Trinajstić information content (AvgIpc) is 3.16. The number of amides is 2. The van der Waals surface area contributed by atoms with Crippen LogP contribution in [0.1, 0.15) is 32.1 Å². The molecule has 6 nitrogen and oxygen atoms in total. The Morgan fingerprint density at radius 2 is 2.19 bits per heavy atom. The number of aromatic nitrogens is 1. The largest absolute Gasteiger partial charge is 0.378 e. The molecule has 142 valence electrons. The van der Waals surface area contributed by atoms with E-state index in [-0.39, 0.29) is 17.7 Å². The molecule has 1 aliphatic heterocycles. The Kier molecular flexibility index (Phi) is 5.50. The number of fused-ring (bicyclic) bond motifs is 1. The standard InChI is InChI=1S/C20H23N3O3S/c24-19(22-13-14-2-1-5-21-12-14)15-3-4-17-16(10-15)11-18(27-17)20(25)23-6-8-26-9-7-23/h1-2,5,11-12,15H,3-4,6-10,13H2,(H,22,24)/t15-/m1/s1. The zero-order chi connectivity index (χ0) is 18.6. The molecule has 0 aromatic carbocycles. The van der Waals surface area contributed by atoms with Gasteiger partial charge in [-0.25, -0.2) is 0 Å². The summed E-state index contributed by atoms with van der Waals surface area (Å²) in [6, 6.07) is 5.82. The molecular formula is C20H23N3O3S. The molecule has 0 radical (unpaired) electrons. The lowest BCUT2D eigenvalue weighted by molar-refractivity contribution is -0.125. The fraction of sp³-hybridized carbons (Fsp3) is 0.450. The van der Waals surface area contributed by atoms with E-state index in [1.165, 1.54) is 4.88 Å². The van der Waals surface area contributed by atoms with Crippen molar-refractivity contribution in [3.63, 3.8) is 0 Å². The second-order valence-electron chi connectivity index (χ2n) is 6.98. The highest BCUT2D eigenvalue weighted by Crippen LogP contribution is 2.33. The molecule has 1 saturated heterocycles. The fourth-order valence-corrected chi connectivity index (χ4v) is 4.79. The summed E-state index contributed by atoms with van der Waals surface area (Å²) in [4.78, 5) is 33.2. The summed E-state index contributed by atoms with van der Waals surface area (Å²) in [5.74, 6) is 0.141. The zero-order valence-corrected chi connectivity index (χ0v) is 16.0. The quantitative estimate of drug-likeness (QED) is 0.874. The van der Waals surface area contributed by atoms with Crippen LogP contribution in [0.15, 0.2) is 30.6 Å². The number of aryl methyl sites for hydroxylation is 1. The summed E-state index contributed by atoms with van der Waals surface area (Å²) in [7, 11) is 0. The van der Waals surface area contributed by atoms with Crippen LogP contribution in [0, 0.1) is 5.92 Å². The molecule has 1 N–H and O–H groups in total. The first kappa shape index (κ1) is 18.1. The maximum Gasteiger partial charge on any atom is 0.264 e. The van der Waals surface area contributed by atoms with Crippen molar-refractivity contribution in [3.05, 3.63) is 51.5 Å². The first-order valence-electron chi connectivity index (χ1n) is 9.36. The summed E-state index contributed by atoms with van der Waals surface area (Å²) in [5, 5.41) is 3.02. The van der Waals surface area contributed by atoms with E-state index in [0.717, 1.165) is 28.8 Å². The number of carbonyl (C=O) groups is 2. The highest BCUT2D eigenvalue weighted by atomic mass is 32.1. The van der Waals surface area contributed by atoms with Crippen molar-refractivity contribution in [2.75, 3.05) is 26.3 Å². The molecule has 3 heterocycles. The highest BCUT2D eigenvalue weighted by molar-refractivity contribution is 7.14. The lowest BCUT2D eigenvalue weighted by Gasteiger charge is -2.26. The van der Waals surface area contributed by atoms with Gasteiger partial charge in [-0.05, 0) is 42.5 Å². The number of morpholine rings is 1. The van der Waals surface area contributed by atoms with Gasteiger partial charge in [0.1, 0.15) is 0 Å². The van der Waals surface area contributed by atoms with Crippen molar-refractivity contribution in [2.45, 2.75) is 25.8 Å². The maximum atomic E-state index is 12.7. The van der Waals surface area contributed by atoms with Crippen LogP contribution in [0.3, 0.4) is 0 Å². The van der Waals surface area contributed by atoms with Crippen LogP contribution in [-0.2, 0) is 28.9 Å². The summed E-state index contributed by atoms with van der Waals surface area (Å²) in [6.45, 7) is 3.02. The van der Waals surface area contributed by atoms with Crippen LogP contribution in [0.25, 0.3) is 0 Å². The van der Waals surface area contributed by atoms with Crippen molar-refractivity contribution in [3.8, 4) is 0 Å². The van der Waals surface area contributed by atoms with Crippen LogP contribution in [0.2, 0.25) is 0 Å². The highest BCUT2D eigenvalue weighted by Gasteiger charge is 2.28. The molecule has 0 unspecified atom stereocenters. The number of rotatable bonds is 4. The third-order valence-corrected chi connectivity index (χ3v) is 6.38. The Morgan fingerprint density at radius 1 is 1.33 bits per heavy atom. The Morgan fingerprint density at radius 3 is 2.96 bits per heavy atom. The molecule has 2 aliphatic rings. The molecule has 0 saturated carbocycles. The summed E-state index contributed by atoms with van der Waals surface area (Å²) < 4.78 is 5.32. The number of hydrogen-bond acceptors (Lipinski definition) is 5. The number of hydrogen-bond donors (Lipinski definition) is 1. The Labute approximate surface area is 162 Å². The molecule has 27 heavy (non-hydrogen) atoms. The topological polar surface area (TPSA) is 71.5 Å². The molecule has 1 aliphatic carbocycles. The third-order valence-electron chi connectivity index (χ3n) is 5.15. The Balaban J connectivity index is 1.37. The molecule has 0 spiro atoms. The van der Waals surface area contributed by atoms with E-state index in [2.05, 4.69) is 10.3 Å². The van der Waals surface area contributed by atoms with Crippen molar-refractivity contribution >= 4 is 23.2 Å². The molecule has 1 atom stereocenters. The van der Waals surface area contributed by atoms with Gasteiger partial charge in [-0.2, -0.15) is 0 Å². The van der Waals surface area contributed by atoms with E-state index in [1.54, 1.807) is 23.7 Å². The third kappa shape index (κ3) is 4.20. The first-order chi connectivity index (χ1) is 13.2. The molecule has 0 bridgehead atoms. The molecule has 2 aromatic heterocycles. The van der Waals surface area contributed by atoms with E-state index < -0.39 is 0 Å².